The van der Waals surface area contributed by atoms with Crippen LogP contribution in [-0.4, -0.2) is 51.7 Å². The van der Waals surface area contributed by atoms with Crippen molar-refractivity contribution in [2.24, 2.45) is 5.41 Å². The van der Waals surface area contributed by atoms with Crippen LogP contribution in [0.25, 0.3) is 0 Å². The lowest BCUT2D eigenvalue weighted by Crippen LogP contribution is -2.42. The monoisotopic (exact) mass is 413 g/mol. The highest BCUT2D eigenvalue weighted by Crippen LogP contribution is 2.49. The third-order valence-electron chi connectivity index (χ3n) is 6.89. The minimum absolute atomic E-state index is 0.144. The highest BCUT2D eigenvalue weighted by molar-refractivity contribution is 6.21. The van der Waals surface area contributed by atoms with E-state index in [0.717, 1.165) is 45.2 Å². The summed E-state index contributed by atoms with van der Waals surface area (Å²) in [7, 11) is 0. The number of nitrogens with zero attached hydrogens (tertiary/aromatic N) is 1. The molecule has 2 N–H and O–H groups in total. The number of halogens is 1. The fourth-order valence-corrected chi connectivity index (χ4v) is 5.24. The maximum Gasteiger partial charge on any atom is 0.303 e. The van der Waals surface area contributed by atoms with E-state index in [2.05, 4.69) is 24.0 Å². The van der Waals surface area contributed by atoms with Crippen molar-refractivity contribution < 1.29 is 15.0 Å². The number of likely N-dealkylation sites (tertiary alicyclic amines) is 1. The smallest absolute Gasteiger partial charge is 0.303 e. The standard InChI is InChI=1S/C23H40ClNO3/c1-2-3-14-23(15-9-16-23)21(26)11-8-17-25-18-13-19(24)20(25)10-6-4-5-7-12-22(27)28/h4,6,19-21,26H,2-3,5,7-18H2,1H3,(H,27,28)/b6-4-/t19-,20+,21-/m1/s1. The van der Waals surface area contributed by atoms with E-state index in [1.54, 1.807) is 0 Å². The van der Waals surface area contributed by atoms with Crippen molar-refractivity contribution >= 4 is 17.6 Å². The first-order chi connectivity index (χ1) is 13.5. The SMILES string of the molecule is CCCCC1([C@H](O)CCCN2CC[C@@H](Cl)[C@@H]2C/C=C\CCCC(=O)O)CCC1. The number of aliphatic carboxylic acids is 1. The number of allylic oxidation sites excluding steroid dienone is 1. The van der Waals surface area contributed by atoms with Crippen LogP contribution in [0.15, 0.2) is 12.2 Å². The molecule has 162 valence electrons. The largest absolute Gasteiger partial charge is 0.481 e. The van der Waals surface area contributed by atoms with E-state index in [1.165, 1.54) is 38.5 Å². The van der Waals surface area contributed by atoms with E-state index < -0.39 is 5.97 Å². The number of rotatable bonds is 14. The molecule has 1 saturated heterocycles. The Balaban J connectivity index is 1.70. The molecule has 5 heteroatoms. The van der Waals surface area contributed by atoms with Crippen LogP contribution < -0.4 is 0 Å². The highest BCUT2D eigenvalue weighted by atomic mass is 35.5. The van der Waals surface area contributed by atoms with Gasteiger partial charge in [0.1, 0.15) is 0 Å². The van der Waals surface area contributed by atoms with Crippen molar-refractivity contribution in [1.29, 1.82) is 0 Å². The molecule has 0 unspecified atom stereocenters. The molecule has 28 heavy (non-hydrogen) atoms. The van der Waals surface area contributed by atoms with Gasteiger partial charge in [-0.1, -0.05) is 38.3 Å². The molecule has 4 nitrogen and oxygen atoms in total. The molecule has 1 heterocycles. The second kappa shape index (κ2) is 12.2. The minimum Gasteiger partial charge on any atom is -0.481 e. The molecule has 1 saturated carbocycles. The van der Waals surface area contributed by atoms with Crippen LogP contribution in [0.2, 0.25) is 0 Å². The van der Waals surface area contributed by atoms with Crippen molar-refractivity contribution in [1.82, 2.24) is 4.90 Å². The summed E-state index contributed by atoms with van der Waals surface area (Å²) < 4.78 is 0. The average Bonchev–Trinajstić information content (AvgIpc) is 2.97. The molecule has 0 bridgehead atoms. The molecule has 1 aliphatic carbocycles. The molecule has 2 rings (SSSR count). The van der Waals surface area contributed by atoms with Gasteiger partial charge in [-0.3, -0.25) is 9.69 Å². The molecule has 2 fully saturated rings. The van der Waals surface area contributed by atoms with Crippen molar-refractivity contribution in [2.75, 3.05) is 13.1 Å². The Morgan fingerprint density at radius 1 is 1.29 bits per heavy atom. The third kappa shape index (κ3) is 7.03. The van der Waals surface area contributed by atoms with Crippen molar-refractivity contribution in [3.63, 3.8) is 0 Å². The summed E-state index contributed by atoms with van der Waals surface area (Å²) in [5.41, 5.74) is 0.216. The van der Waals surface area contributed by atoms with Gasteiger partial charge in [-0.15, -0.1) is 11.6 Å². The Kier molecular flexibility index (Phi) is 10.3. The van der Waals surface area contributed by atoms with Gasteiger partial charge >= 0.3 is 5.97 Å². The van der Waals surface area contributed by atoms with E-state index in [0.29, 0.717) is 12.5 Å². The molecular formula is C23H40ClNO3. The number of alkyl halides is 1. The van der Waals surface area contributed by atoms with Gasteiger partial charge in [0.25, 0.3) is 0 Å². The van der Waals surface area contributed by atoms with Gasteiger partial charge in [0.15, 0.2) is 0 Å². The van der Waals surface area contributed by atoms with Crippen LogP contribution in [0, 0.1) is 5.41 Å². The zero-order chi connectivity index (χ0) is 20.4. The maximum absolute atomic E-state index is 10.8. The van der Waals surface area contributed by atoms with Crippen LogP contribution in [0.3, 0.4) is 0 Å². The third-order valence-corrected chi connectivity index (χ3v) is 7.40. The number of unbranched alkanes of at least 4 members (excludes halogenated alkanes) is 2. The Labute approximate surface area is 176 Å². The fraction of sp³-hybridized carbons (Fsp3) is 0.870. The average molecular weight is 414 g/mol. The van der Waals surface area contributed by atoms with E-state index in [-0.39, 0.29) is 23.3 Å². The molecule has 3 atom stereocenters. The van der Waals surface area contributed by atoms with E-state index in [9.17, 15) is 9.90 Å². The van der Waals surface area contributed by atoms with Crippen molar-refractivity contribution in [3.8, 4) is 0 Å². The van der Waals surface area contributed by atoms with Gasteiger partial charge in [0, 0.05) is 12.5 Å². The van der Waals surface area contributed by atoms with Crippen LogP contribution in [0.1, 0.15) is 90.4 Å². The summed E-state index contributed by atoms with van der Waals surface area (Å²) in [6.45, 7) is 4.29. The van der Waals surface area contributed by atoms with Crippen LogP contribution in [0.4, 0.5) is 0 Å². The molecule has 0 aromatic heterocycles. The first kappa shape index (κ1) is 23.7. The lowest BCUT2D eigenvalue weighted by atomic mass is 9.61. The van der Waals surface area contributed by atoms with Gasteiger partial charge in [0.2, 0.25) is 0 Å². The Hall–Kier alpha value is -0.580. The Morgan fingerprint density at radius 2 is 2.07 bits per heavy atom. The van der Waals surface area contributed by atoms with Gasteiger partial charge in [0.05, 0.1) is 11.5 Å². The number of carbonyl (C=O) groups is 1. The second-order valence-corrected chi connectivity index (χ2v) is 9.44. The number of aliphatic hydroxyl groups excluding tert-OH is 1. The summed E-state index contributed by atoms with van der Waals surface area (Å²) in [5.74, 6) is -0.725. The lowest BCUT2D eigenvalue weighted by molar-refractivity contribution is -0.137. The first-order valence-corrected chi connectivity index (χ1v) is 11.8. The zero-order valence-corrected chi connectivity index (χ0v) is 18.4. The van der Waals surface area contributed by atoms with Gasteiger partial charge in [-0.25, -0.2) is 0 Å². The normalized spacial score (nSPS) is 25.8. The fourth-order valence-electron chi connectivity index (χ4n) is 4.88. The molecule has 2 aliphatic rings. The molecule has 0 aromatic carbocycles. The molecule has 0 radical (unpaired) electrons. The number of hydrogen-bond donors (Lipinski definition) is 2. The molecule has 0 amide bonds. The maximum atomic E-state index is 10.8. The number of carboxylic acids is 1. The van der Waals surface area contributed by atoms with Gasteiger partial charge in [-0.05, 0) is 76.3 Å². The molecule has 0 spiro atoms. The number of carboxylic acid groups (broad SMARTS) is 1. The Bertz CT molecular complexity index is 492. The van der Waals surface area contributed by atoms with E-state index >= 15 is 0 Å². The lowest BCUT2D eigenvalue weighted by Gasteiger charge is -2.46. The van der Waals surface area contributed by atoms with Crippen LogP contribution in [0.5, 0.6) is 0 Å². The van der Waals surface area contributed by atoms with E-state index in [1.807, 2.05) is 0 Å². The summed E-state index contributed by atoms with van der Waals surface area (Å²) in [5, 5.41) is 19.7. The van der Waals surface area contributed by atoms with Gasteiger partial charge < -0.3 is 10.2 Å². The van der Waals surface area contributed by atoms with E-state index in [4.69, 9.17) is 16.7 Å². The van der Waals surface area contributed by atoms with Crippen LogP contribution in [-0.2, 0) is 4.79 Å². The molecular weight excluding hydrogens is 374 g/mol. The van der Waals surface area contributed by atoms with Crippen LogP contribution >= 0.6 is 11.6 Å². The first-order valence-electron chi connectivity index (χ1n) is 11.4. The summed E-state index contributed by atoms with van der Waals surface area (Å²) in [6, 6.07) is 0.368. The molecule has 0 aromatic rings. The predicted molar refractivity (Wildman–Crippen MR) is 116 cm³/mol. The topological polar surface area (TPSA) is 60.8 Å². The Morgan fingerprint density at radius 3 is 2.71 bits per heavy atom. The summed E-state index contributed by atoms with van der Waals surface area (Å²) >= 11 is 6.55. The highest BCUT2D eigenvalue weighted by Gasteiger charge is 2.42. The quantitative estimate of drug-likeness (QED) is 0.228. The predicted octanol–water partition coefficient (Wildman–Crippen LogP) is 5.37. The molecule has 1 aliphatic heterocycles. The van der Waals surface area contributed by atoms with Crippen molar-refractivity contribution in [3.05, 3.63) is 12.2 Å². The van der Waals surface area contributed by atoms with Gasteiger partial charge in [-0.2, -0.15) is 0 Å². The zero-order valence-electron chi connectivity index (χ0n) is 17.6. The van der Waals surface area contributed by atoms with Crippen molar-refractivity contribution in [2.45, 2.75) is 108 Å². The second-order valence-electron chi connectivity index (χ2n) is 8.88. The summed E-state index contributed by atoms with van der Waals surface area (Å²) in [6.07, 6.45) is 17.1. The minimum atomic E-state index is -0.725. The summed E-state index contributed by atoms with van der Waals surface area (Å²) in [4.78, 5) is 13.0. The number of aliphatic hydroxyl groups is 1. The number of hydrogen-bond acceptors (Lipinski definition) is 3.